The maximum Gasteiger partial charge on any atom is 0.0762 e. The third kappa shape index (κ3) is 3.46. The molecule has 0 amide bonds. The highest BCUT2D eigenvalue weighted by atomic mass is 35.5. The van der Waals surface area contributed by atoms with Crippen molar-refractivity contribution in [1.82, 2.24) is 5.32 Å². The average Bonchev–Trinajstić information content (AvgIpc) is 2.93. The molecule has 1 fully saturated rings. The summed E-state index contributed by atoms with van der Waals surface area (Å²) in [5.41, 5.74) is 2.15. The first-order valence-electron chi connectivity index (χ1n) is 6.69. The number of anilines is 1. The van der Waals surface area contributed by atoms with Crippen LogP contribution < -0.4 is 10.6 Å². The summed E-state index contributed by atoms with van der Waals surface area (Å²) in [6.07, 6.45) is 1.01. The molecule has 2 nitrogen and oxygen atoms in total. The molecule has 0 spiro atoms. The van der Waals surface area contributed by atoms with Crippen LogP contribution in [0.5, 0.6) is 0 Å². The van der Waals surface area contributed by atoms with Crippen LogP contribution in [0.4, 0.5) is 5.69 Å². The lowest BCUT2D eigenvalue weighted by Gasteiger charge is -2.32. The topological polar surface area (TPSA) is 24.1 Å². The number of nitrogens with one attached hydrogen (secondary N) is 2. The Morgan fingerprint density at radius 3 is 2.38 bits per heavy atom. The zero-order valence-electron chi connectivity index (χ0n) is 11.4. The highest BCUT2D eigenvalue weighted by molar-refractivity contribution is 6.42. The Morgan fingerprint density at radius 2 is 1.76 bits per heavy atom. The van der Waals surface area contributed by atoms with Crippen molar-refractivity contribution in [3.05, 3.63) is 64.1 Å². The minimum absolute atomic E-state index is 0. The molecule has 5 heteroatoms. The van der Waals surface area contributed by atoms with Crippen LogP contribution in [0.3, 0.4) is 0 Å². The first kappa shape index (κ1) is 16.4. The molecule has 1 aliphatic heterocycles. The number of para-hydroxylation sites is 1. The van der Waals surface area contributed by atoms with Gasteiger partial charge in [0.25, 0.3) is 0 Å². The molecule has 2 aromatic carbocycles. The van der Waals surface area contributed by atoms with E-state index < -0.39 is 0 Å². The number of benzene rings is 2. The lowest BCUT2D eigenvalue weighted by molar-refractivity contribution is 0.543. The second-order valence-electron chi connectivity index (χ2n) is 5.13. The number of hydrogen-bond acceptors (Lipinski definition) is 2. The van der Waals surface area contributed by atoms with Crippen LogP contribution in [0.15, 0.2) is 48.5 Å². The van der Waals surface area contributed by atoms with E-state index in [2.05, 4.69) is 28.8 Å². The number of halogens is 3. The standard InChI is InChI=1S/C16H16Cl2N2.ClH/c17-14-7-6-12(10-15(14)18)16(8-9-19-11-16)20-13-4-2-1-3-5-13;/h1-7,10,19-20H,8-9,11H2;1H/t16-;/m1./s1. The lowest BCUT2D eigenvalue weighted by Crippen LogP contribution is -2.37. The van der Waals surface area contributed by atoms with Crippen molar-refractivity contribution < 1.29 is 0 Å². The van der Waals surface area contributed by atoms with Gasteiger partial charge in [-0.3, -0.25) is 0 Å². The van der Waals surface area contributed by atoms with Gasteiger partial charge in [-0.25, -0.2) is 0 Å². The van der Waals surface area contributed by atoms with E-state index in [4.69, 9.17) is 23.2 Å². The zero-order valence-corrected chi connectivity index (χ0v) is 13.7. The molecule has 2 aromatic rings. The van der Waals surface area contributed by atoms with Gasteiger partial charge < -0.3 is 10.6 Å². The van der Waals surface area contributed by atoms with Crippen molar-refractivity contribution in [1.29, 1.82) is 0 Å². The molecule has 0 aromatic heterocycles. The third-order valence-electron chi connectivity index (χ3n) is 3.78. The van der Waals surface area contributed by atoms with E-state index in [0.29, 0.717) is 10.0 Å². The predicted molar refractivity (Wildman–Crippen MR) is 92.9 cm³/mol. The molecule has 0 unspecified atom stereocenters. The van der Waals surface area contributed by atoms with E-state index in [1.54, 1.807) is 0 Å². The van der Waals surface area contributed by atoms with Gasteiger partial charge in [0, 0.05) is 12.2 Å². The van der Waals surface area contributed by atoms with Gasteiger partial charge in [-0.05, 0) is 42.8 Å². The lowest BCUT2D eigenvalue weighted by atomic mass is 9.88. The van der Waals surface area contributed by atoms with Crippen LogP contribution in [0.2, 0.25) is 10.0 Å². The van der Waals surface area contributed by atoms with E-state index in [0.717, 1.165) is 25.2 Å². The summed E-state index contributed by atoms with van der Waals surface area (Å²) in [5, 5.41) is 8.28. The van der Waals surface area contributed by atoms with Gasteiger partial charge in [0.1, 0.15) is 0 Å². The molecule has 0 bridgehead atoms. The fourth-order valence-corrected chi connectivity index (χ4v) is 3.01. The quantitative estimate of drug-likeness (QED) is 0.843. The Bertz CT molecular complexity index is 596. The van der Waals surface area contributed by atoms with E-state index in [9.17, 15) is 0 Å². The molecule has 1 saturated heterocycles. The molecule has 1 atom stereocenters. The molecule has 0 radical (unpaired) electrons. The van der Waals surface area contributed by atoms with Crippen molar-refractivity contribution in [2.24, 2.45) is 0 Å². The molecular formula is C16H17Cl3N2. The molecule has 2 N–H and O–H groups in total. The normalized spacial score (nSPS) is 20.9. The Morgan fingerprint density at radius 1 is 1.00 bits per heavy atom. The van der Waals surface area contributed by atoms with Crippen molar-refractivity contribution in [3.8, 4) is 0 Å². The smallest absolute Gasteiger partial charge is 0.0762 e. The Kier molecular flexibility index (Phi) is 5.39. The second-order valence-corrected chi connectivity index (χ2v) is 5.94. The first-order valence-corrected chi connectivity index (χ1v) is 7.45. The summed E-state index contributed by atoms with van der Waals surface area (Å²) in [6, 6.07) is 16.1. The Balaban J connectivity index is 0.00000161. The molecule has 0 aliphatic carbocycles. The van der Waals surface area contributed by atoms with Crippen molar-refractivity contribution in [3.63, 3.8) is 0 Å². The van der Waals surface area contributed by atoms with Gasteiger partial charge in [0.15, 0.2) is 0 Å². The van der Waals surface area contributed by atoms with E-state index in [1.165, 1.54) is 5.56 Å². The Labute approximate surface area is 141 Å². The molecule has 0 saturated carbocycles. The summed E-state index contributed by atoms with van der Waals surface area (Å²) in [5.74, 6) is 0. The molecule has 112 valence electrons. The SMILES string of the molecule is Cl.Clc1ccc([C@@]2(Nc3ccccc3)CCNC2)cc1Cl. The van der Waals surface area contributed by atoms with Crippen LogP contribution >= 0.6 is 35.6 Å². The molecule has 3 rings (SSSR count). The van der Waals surface area contributed by atoms with Crippen molar-refractivity contribution in [2.75, 3.05) is 18.4 Å². The van der Waals surface area contributed by atoms with E-state index in [-0.39, 0.29) is 17.9 Å². The van der Waals surface area contributed by atoms with Gasteiger partial charge in [0.2, 0.25) is 0 Å². The Hall–Kier alpha value is -0.930. The average molecular weight is 344 g/mol. The van der Waals surface area contributed by atoms with Gasteiger partial charge in [-0.2, -0.15) is 0 Å². The summed E-state index contributed by atoms with van der Waals surface area (Å²) in [6.45, 7) is 1.86. The van der Waals surface area contributed by atoms with Crippen molar-refractivity contribution >= 4 is 41.3 Å². The van der Waals surface area contributed by atoms with E-state index in [1.807, 2.05) is 30.3 Å². The molecular weight excluding hydrogens is 327 g/mol. The maximum absolute atomic E-state index is 6.18. The highest BCUT2D eigenvalue weighted by Crippen LogP contribution is 2.35. The van der Waals surface area contributed by atoms with Crippen LogP contribution in [-0.2, 0) is 5.54 Å². The molecule has 1 aliphatic rings. The van der Waals surface area contributed by atoms with Crippen molar-refractivity contribution in [2.45, 2.75) is 12.0 Å². The van der Waals surface area contributed by atoms with Gasteiger partial charge in [-0.1, -0.05) is 47.5 Å². The molecule has 1 heterocycles. The largest absolute Gasteiger partial charge is 0.374 e. The zero-order chi connectivity index (χ0) is 14.0. The summed E-state index contributed by atoms with van der Waals surface area (Å²) in [4.78, 5) is 0. The number of hydrogen-bond donors (Lipinski definition) is 2. The van der Waals surface area contributed by atoms with Crippen LogP contribution in [0, 0.1) is 0 Å². The highest BCUT2D eigenvalue weighted by Gasteiger charge is 2.35. The third-order valence-corrected chi connectivity index (χ3v) is 4.52. The van der Waals surface area contributed by atoms with Gasteiger partial charge in [-0.15, -0.1) is 12.4 Å². The fraction of sp³-hybridized carbons (Fsp3) is 0.250. The van der Waals surface area contributed by atoms with Crippen LogP contribution in [0.1, 0.15) is 12.0 Å². The van der Waals surface area contributed by atoms with Gasteiger partial charge in [0.05, 0.1) is 15.6 Å². The van der Waals surface area contributed by atoms with Crippen LogP contribution in [-0.4, -0.2) is 13.1 Å². The van der Waals surface area contributed by atoms with E-state index >= 15 is 0 Å². The minimum Gasteiger partial charge on any atom is -0.374 e. The van der Waals surface area contributed by atoms with Crippen LogP contribution in [0.25, 0.3) is 0 Å². The summed E-state index contributed by atoms with van der Waals surface area (Å²) in [7, 11) is 0. The molecule has 21 heavy (non-hydrogen) atoms. The minimum atomic E-state index is -0.129. The first-order chi connectivity index (χ1) is 9.70. The summed E-state index contributed by atoms with van der Waals surface area (Å²) < 4.78 is 0. The number of rotatable bonds is 3. The monoisotopic (exact) mass is 342 g/mol. The maximum atomic E-state index is 6.18. The predicted octanol–water partition coefficient (Wildman–Crippen LogP) is 4.72. The summed E-state index contributed by atoms with van der Waals surface area (Å²) >= 11 is 12.2. The second kappa shape index (κ2) is 6.89. The fourth-order valence-electron chi connectivity index (χ4n) is 2.71. The van der Waals surface area contributed by atoms with Gasteiger partial charge >= 0.3 is 0 Å².